The van der Waals surface area contributed by atoms with Crippen LogP contribution in [-0.4, -0.2) is 24.5 Å². The fourth-order valence-electron chi connectivity index (χ4n) is 2.97. The van der Waals surface area contributed by atoms with E-state index in [2.05, 4.69) is 24.1 Å². The van der Waals surface area contributed by atoms with Gasteiger partial charge in [-0.3, -0.25) is 4.90 Å². The average Bonchev–Trinajstić information content (AvgIpc) is 2.42. The first kappa shape index (κ1) is 13.9. The Kier molecular flexibility index (Phi) is 5.04. The summed E-state index contributed by atoms with van der Waals surface area (Å²) in [5.74, 6) is 0. The van der Waals surface area contributed by atoms with Crippen molar-refractivity contribution < 1.29 is 0 Å². The summed E-state index contributed by atoms with van der Waals surface area (Å²) in [4.78, 5) is 2.46. The highest BCUT2D eigenvalue weighted by Gasteiger charge is 2.24. The second-order valence-electron chi connectivity index (χ2n) is 5.26. The Morgan fingerprint density at radius 2 is 1.83 bits per heavy atom. The lowest BCUT2D eigenvalue weighted by molar-refractivity contribution is 0.141. The zero-order chi connectivity index (χ0) is 13.0. The van der Waals surface area contributed by atoms with Gasteiger partial charge in [-0.2, -0.15) is 0 Å². The number of hydrogen-bond donors (Lipinski definition) is 1. The van der Waals surface area contributed by atoms with E-state index in [9.17, 15) is 0 Å². The van der Waals surface area contributed by atoms with Crippen LogP contribution in [-0.2, 0) is 0 Å². The molecule has 1 aliphatic rings. The van der Waals surface area contributed by atoms with Gasteiger partial charge in [-0.05, 0) is 37.6 Å². The number of rotatable bonds is 4. The molecule has 0 spiro atoms. The van der Waals surface area contributed by atoms with E-state index in [0.29, 0.717) is 18.6 Å². The van der Waals surface area contributed by atoms with Gasteiger partial charge in [0.2, 0.25) is 0 Å². The molecule has 1 saturated carbocycles. The summed E-state index contributed by atoms with van der Waals surface area (Å²) >= 11 is 5.94. The average molecular weight is 267 g/mol. The molecular weight excluding hydrogens is 244 g/mol. The molecule has 2 nitrogen and oxygen atoms in total. The van der Waals surface area contributed by atoms with Crippen LogP contribution in [0.5, 0.6) is 0 Å². The highest BCUT2D eigenvalue weighted by Crippen LogP contribution is 2.28. The predicted molar refractivity (Wildman–Crippen MR) is 77.9 cm³/mol. The van der Waals surface area contributed by atoms with Gasteiger partial charge in [0.25, 0.3) is 0 Å². The molecule has 0 saturated heterocycles. The van der Waals surface area contributed by atoms with Gasteiger partial charge in [0.1, 0.15) is 0 Å². The zero-order valence-electron chi connectivity index (χ0n) is 11.1. The zero-order valence-corrected chi connectivity index (χ0v) is 11.9. The number of nitrogens with two attached hydrogens (primary N) is 1. The summed E-state index contributed by atoms with van der Waals surface area (Å²) in [5, 5.41) is 0.787. The van der Waals surface area contributed by atoms with Crippen molar-refractivity contribution in [2.45, 2.75) is 44.2 Å². The summed E-state index contributed by atoms with van der Waals surface area (Å²) < 4.78 is 0. The SMILES string of the molecule is CN(C1CCCCC1)C(CN)c1ccc(Cl)cc1. The topological polar surface area (TPSA) is 29.3 Å². The Bertz CT molecular complexity index is 357. The molecule has 0 amide bonds. The van der Waals surface area contributed by atoms with Crippen LogP contribution in [0.3, 0.4) is 0 Å². The van der Waals surface area contributed by atoms with Gasteiger partial charge >= 0.3 is 0 Å². The van der Waals surface area contributed by atoms with Gasteiger partial charge < -0.3 is 5.73 Å². The molecule has 0 bridgehead atoms. The Morgan fingerprint density at radius 3 is 2.39 bits per heavy atom. The van der Waals surface area contributed by atoms with Crippen LogP contribution in [0.15, 0.2) is 24.3 Å². The second-order valence-corrected chi connectivity index (χ2v) is 5.70. The van der Waals surface area contributed by atoms with Crippen LogP contribution in [0.25, 0.3) is 0 Å². The molecule has 0 aromatic heterocycles. The van der Waals surface area contributed by atoms with Crippen LogP contribution in [0.2, 0.25) is 5.02 Å². The minimum absolute atomic E-state index is 0.311. The fraction of sp³-hybridized carbons (Fsp3) is 0.600. The van der Waals surface area contributed by atoms with Crippen molar-refractivity contribution >= 4 is 11.6 Å². The van der Waals surface area contributed by atoms with E-state index >= 15 is 0 Å². The molecular formula is C15H23ClN2. The minimum atomic E-state index is 0.311. The minimum Gasteiger partial charge on any atom is -0.329 e. The molecule has 1 fully saturated rings. The molecule has 1 unspecified atom stereocenters. The largest absolute Gasteiger partial charge is 0.329 e. The highest BCUT2D eigenvalue weighted by atomic mass is 35.5. The first-order chi connectivity index (χ1) is 8.72. The van der Waals surface area contributed by atoms with Crippen LogP contribution < -0.4 is 5.73 Å². The molecule has 0 heterocycles. The smallest absolute Gasteiger partial charge is 0.0470 e. The lowest BCUT2D eigenvalue weighted by Crippen LogP contribution is -2.39. The van der Waals surface area contributed by atoms with Gasteiger partial charge in [0.15, 0.2) is 0 Å². The molecule has 3 heteroatoms. The van der Waals surface area contributed by atoms with Crippen molar-refractivity contribution in [2.75, 3.05) is 13.6 Å². The Morgan fingerprint density at radius 1 is 1.22 bits per heavy atom. The van der Waals surface area contributed by atoms with Gasteiger partial charge in [-0.15, -0.1) is 0 Å². The predicted octanol–water partition coefficient (Wildman–Crippen LogP) is 3.60. The molecule has 2 rings (SSSR count). The molecule has 18 heavy (non-hydrogen) atoms. The number of likely N-dealkylation sites (N-methyl/N-ethyl adjacent to an activating group) is 1. The molecule has 1 aliphatic carbocycles. The maximum absolute atomic E-state index is 5.98. The molecule has 1 aromatic carbocycles. The van der Waals surface area contributed by atoms with Gasteiger partial charge in [0.05, 0.1) is 0 Å². The summed E-state index contributed by atoms with van der Waals surface area (Å²) in [6, 6.07) is 9.09. The van der Waals surface area contributed by atoms with Crippen LogP contribution in [0.1, 0.15) is 43.7 Å². The quantitative estimate of drug-likeness (QED) is 0.902. The Labute approximate surface area is 115 Å². The molecule has 1 atom stereocenters. The van der Waals surface area contributed by atoms with Crippen LogP contribution in [0, 0.1) is 0 Å². The first-order valence-corrected chi connectivity index (χ1v) is 7.27. The van der Waals surface area contributed by atoms with Crippen molar-refractivity contribution in [2.24, 2.45) is 5.73 Å². The van der Waals surface area contributed by atoms with E-state index in [1.165, 1.54) is 37.7 Å². The molecule has 0 aliphatic heterocycles. The van der Waals surface area contributed by atoms with Crippen LogP contribution in [0.4, 0.5) is 0 Å². The van der Waals surface area contributed by atoms with Crippen molar-refractivity contribution in [3.05, 3.63) is 34.9 Å². The second kappa shape index (κ2) is 6.55. The monoisotopic (exact) mass is 266 g/mol. The number of nitrogens with zero attached hydrogens (tertiary/aromatic N) is 1. The number of benzene rings is 1. The van der Waals surface area contributed by atoms with E-state index in [1.807, 2.05) is 12.1 Å². The lowest BCUT2D eigenvalue weighted by Gasteiger charge is -2.37. The fourth-order valence-corrected chi connectivity index (χ4v) is 3.09. The van der Waals surface area contributed by atoms with Gasteiger partial charge in [-0.1, -0.05) is 43.0 Å². The third-order valence-electron chi connectivity index (χ3n) is 4.12. The third-order valence-corrected chi connectivity index (χ3v) is 4.37. The van der Waals surface area contributed by atoms with Crippen LogP contribution >= 0.6 is 11.6 Å². The van der Waals surface area contributed by atoms with Crippen molar-refractivity contribution in [3.63, 3.8) is 0 Å². The third kappa shape index (κ3) is 3.25. The van der Waals surface area contributed by atoms with Crippen molar-refractivity contribution in [3.8, 4) is 0 Å². The molecule has 2 N–H and O–H groups in total. The maximum Gasteiger partial charge on any atom is 0.0470 e. The summed E-state index contributed by atoms with van der Waals surface area (Å²) in [6.07, 6.45) is 6.71. The van der Waals surface area contributed by atoms with E-state index in [4.69, 9.17) is 17.3 Å². The molecule has 0 radical (unpaired) electrons. The highest BCUT2D eigenvalue weighted by molar-refractivity contribution is 6.30. The number of halogens is 1. The normalized spacial score (nSPS) is 19.1. The molecule has 100 valence electrons. The Hall–Kier alpha value is -0.570. The van der Waals surface area contributed by atoms with Gasteiger partial charge in [-0.25, -0.2) is 0 Å². The summed E-state index contributed by atoms with van der Waals surface area (Å²) in [5.41, 5.74) is 7.25. The van der Waals surface area contributed by atoms with E-state index in [1.54, 1.807) is 0 Å². The number of hydrogen-bond acceptors (Lipinski definition) is 2. The van der Waals surface area contributed by atoms with E-state index < -0.39 is 0 Å². The van der Waals surface area contributed by atoms with Crippen molar-refractivity contribution in [1.29, 1.82) is 0 Å². The first-order valence-electron chi connectivity index (χ1n) is 6.90. The Balaban J connectivity index is 2.09. The molecule has 1 aromatic rings. The van der Waals surface area contributed by atoms with E-state index in [0.717, 1.165) is 5.02 Å². The van der Waals surface area contributed by atoms with Gasteiger partial charge in [0, 0.05) is 23.7 Å². The summed E-state index contributed by atoms with van der Waals surface area (Å²) in [6.45, 7) is 0.661. The summed E-state index contributed by atoms with van der Waals surface area (Å²) in [7, 11) is 2.21. The van der Waals surface area contributed by atoms with E-state index in [-0.39, 0.29) is 0 Å². The van der Waals surface area contributed by atoms with Crippen molar-refractivity contribution in [1.82, 2.24) is 4.90 Å². The lowest BCUT2D eigenvalue weighted by atomic mass is 9.92. The maximum atomic E-state index is 5.98. The standard InChI is InChI=1S/C15H23ClN2/c1-18(14-5-3-2-4-6-14)15(11-17)12-7-9-13(16)10-8-12/h7-10,14-15H,2-6,11,17H2,1H3.